The Kier molecular flexibility index (Phi) is 5.61. The summed E-state index contributed by atoms with van der Waals surface area (Å²) in [7, 11) is 0. The molecule has 2 N–H and O–H groups in total. The minimum absolute atomic E-state index is 0.222. The molecule has 1 fully saturated rings. The summed E-state index contributed by atoms with van der Waals surface area (Å²) in [6.45, 7) is 1.50. The fourth-order valence-electron chi connectivity index (χ4n) is 1.94. The van der Waals surface area contributed by atoms with Gasteiger partial charge in [0.05, 0.1) is 6.61 Å². The second kappa shape index (κ2) is 7.46. The Balaban J connectivity index is 1.82. The van der Waals surface area contributed by atoms with Gasteiger partial charge in [-0.2, -0.15) is 0 Å². The minimum Gasteiger partial charge on any atom is -0.493 e. The van der Waals surface area contributed by atoms with Crippen molar-refractivity contribution in [2.24, 2.45) is 0 Å². The van der Waals surface area contributed by atoms with Crippen molar-refractivity contribution in [2.45, 2.75) is 44.7 Å². The highest BCUT2D eigenvalue weighted by Crippen LogP contribution is 2.23. The van der Waals surface area contributed by atoms with Crippen LogP contribution in [0.1, 0.15) is 37.7 Å². The number of benzene rings is 1. The first kappa shape index (κ1) is 14.3. The Morgan fingerprint density at radius 1 is 1.26 bits per heavy atom. The van der Waals surface area contributed by atoms with E-state index in [0.29, 0.717) is 19.2 Å². The molecule has 4 heteroatoms. The van der Waals surface area contributed by atoms with E-state index >= 15 is 0 Å². The lowest BCUT2D eigenvalue weighted by Gasteiger charge is -2.12. The summed E-state index contributed by atoms with van der Waals surface area (Å²) < 4.78 is 19.0. The van der Waals surface area contributed by atoms with Crippen LogP contribution in [0.4, 0.5) is 4.39 Å². The molecule has 0 radical (unpaired) electrons. The average molecular weight is 267 g/mol. The lowest BCUT2D eigenvalue weighted by atomic mass is 10.2. The summed E-state index contributed by atoms with van der Waals surface area (Å²) in [5, 5.41) is 12.1. The van der Waals surface area contributed by atoms with Gasteiger partial charge in [0.2, 0.25) is 0 Å². The number of hydrogen-bond donors (Lipinski definition) is 2. The molecule has 1 aliphatic rings. The molecule has 0 aromatic heterocycles. The molecule has 0 spiro atoms. The van der Waals surface area contributed by atoms with E-state index in [4.69, 9.17) is 9.84 Å². The second-order valence-corrected chi connectivity index (χ2v) is 5.04. The number of aliphatic hydroxyl groups excluding tert-OH is 1. The number of unbranched alkanes of at least 4 members (excludes halogenated alkanes) is 2. The summed E-state index contributed by atoms with van der Waals surface area (Å²) in [6, 6.07) is 5.27. The van der Waals surface area contributed by atoms with E-state index in [1.807, 2.05) is 0 Å². The maximum atomic E-state index is 13.3. The summed E-state index contributed by atoms with van der Waals surface area (Å²) in [4.78, 5) is 0. The predicted molar refractivity (Wildman–Crippen MR) is 72.7 cm³/mol. The van der Waals surface area contributed by atoms with Gasteiger partial charge in [-0.25, -0.2) is 4.39 Å². The second-order valence-electron chi connectivity index (χ2n) is 5.04. The van der Waals surface area contributed by atoms with Crippen molar-refractivity contribution in [1.82, 2.24) is 5.32 Å². The van der Waals surface area contributed by atoms with Gasteiger partial charge in [0.15, 0.2) is 0 Å². The molecule has 1 saturated carbocycles. The SMILES string of the molecule is OCCCCCOc1ccc(F)cc1CNC1CC1. The Bertz CT molecular complexity index is 394. The van der Waals surface area contributed by atoms with Gasteiger partial charge < -0.3 is 15.2 Å². The van der Waals surface area contributed by atoms with Crippen LogP contribution in [0.3, 0.4) is 0 Å². The maximum absolute atomic E-state index is 13.3. The number of rotatable bonds is 9. The highest BCUT2D eigenvalue weighted by molar-refractivity contribution is 5.34. The molecule has 0 amide bonds. The quantitative estimate of drug-likeness (QED) is 0.676. The average Bonchev–Trinajstić information content (AvgIpc) is 3.22. The number of halogens is 1. The van der Waals surface area contributed by atoms with E-state index in [1.54, 1.807) is 12.1 Å². The van der Waals surface area contributed by atoms with Crippen LogP contribution in [0.15, 0.2) is 18.2 Å². The van der Waals surface area contributed by atoms with Gasteiger partial charge in [-0.3, -0.25) is 0 Å². The van der Waals surface area contributed by atoms with Crippen LogP contribution in [-0.2, 0) is 6.54 Å². The van der Waals surface area contributed by atoms with Crippen LogP contribution in [0.5, 0.6) is 5.75 Å². The van der Waals surface area contributed by atoms with Gasteiger partial charge in [-0.15, -0.1) is 0 Å². The lowest BCUT2D eigenvalue weighted by Crippen LogP contribution is -2.16. The molecule has 1 aromatic rings. The van der Waals surface area contributed by atoms with E-state index in [1.165, 1.54) is 18.9 Å². The van der Waals surface area contributed by atoms with Crippen LogP contribution in [0.25, 0.3) is 0 Å². The molecular weight excluding hydrogens is 245 g/mol. The van der Waals surface area contributed by atoms with E-state index < -0.39 is 0 Å². The van der Waals surface area contributed by atoms with Crippen molar-refractivity contribution in [3.8, 4) is 5.75 Å². The first-order valence-corrected chi connectivity index (χ1v) is 7.05. The van der Waals surface area contributed by atoms with Crippen molar-refractivity contribution < 1.29 is 14.2 Å². The molecule has 0 atom stereocenters. The number of nitrogens with one attached hydrogen (secondary N) is 1. The maximum Gasteiger partial charge on any atom is 0.123 e. The molecular formula is C15H22FNO2. The van der Waals surface area contributed by atoms with Gasteiger partial charge in [0.1, 0.15) is 11.6 Å². The first-order valence-electron chi connectivity index (χ1n) is 7.05. The van der Waals surface area contributed by atoms with E-state index in [2.05, 4.69) is 5.32 Å². The fraction of sp³-hybridized carbons (Fsp3) is 0.600. The predicted octanol–water partition coefficient (Wildman–Crippen LogP) is 2.62. The van der Waals surface area contributed by atoms with E-state index in [0.717, 1.165) is 30.6 Å². The van der Waals surface area contributed by atoms with Crippen LogP contribution in [0.2, 0.25) is 0 Å². The summed E-state index contributed by atoms with van der Waals surface area (Å²) >= 11 is 0. The number of ether oxygens (including phenoxy) is 1. The van der Waals surface area contributed by atoms with Crippen LogP contribution >= 0.6 is 0 Å². The fourth-order valence-corrected chi connectivity index (χ4v) is 1.94. The molecule has 1 aromatic carbocycles. The third kappa shape index (κ3) is 5.17. The zero-order chi connectivity index (χ0) is 13.5. The van der Waals surface area contributed by atoms with Gasteiger partial charge in [-0.1, -0.05) is 0 Å². The topological polar surface area (TPSA) is 41.5 Å². The summed E-state index contributed by atoms with van der Waals surface area (Å²) in [5.74, 6) is 0.541. The molecule has 19 heavy (non-hydrogen) atoms. The van der Waals surface area contributed by atoms with Crippen LogP contribution in [0, 0.1) is 5.82 Å². The largest absolute Gasteiger partial charge is 0.493 e. The molecule has 1 aliphatic carbocycles. The van der Waals surface area contributed by atoms with Crippen molar-refractivity contribution in [2.75, 3.05) is 13.2 Å². The molecule has 2 rings (SSSR count). The van der Waals surface area contributed by atoms with Gasteiger partial charge in [-0.05, 0) is 50.3 Å². The van der Waals surface area contributed by atoms with Gasteiger partial charge in [0.25, 0.3) is 0 Å². The molecule has 0 saturated heterocycles. The van der Waals surface area contributed by atoms with Crippen LogP contribution in [-0.4, -0.2) is 24.4 Å². The third-order valence-corrected chi connectivity index (χ3v) is 3.24. The summed E-state index contributed by atoms with van der Waals surface area (Å²) in [5.41, 5.74) is 0.883. The minimum atomic E-state index is -0.222. The van der Waals surface area contributed by atoms with E-state index in [9.17, 15) is 4.39 Å². The number of hydrogen-bond acceptors (Lipinski definition) is 3. The van der Waals surface area contributed by atoms with Crippen molar-refractivity contribution in [3.63, 3.8) is 0 Å². The zero-order valence-corrected chi connectivity index (χ0v) is 11.2. The number of aliphatic hydroxyl groups is 1. The smallest absolute Gasteiger partial charge is 0.123 e. The highest BCUT2D eigenvalue weighted by Gasteiger charge is 2.20. The highest BCUT2D eigenvalue weighted by atomic mass is 19.1. The standard InChI is InChI=1S/C15H22FNO2/c16-13-4-7-15(19-9-3-1-2-8-18)12(10-13)11-17-14-5-6-14/h4,7,10,14,17-18H,1-3,5-6,8-9,11H2. The Morgan fingerprint density at radius 2 is 2.11 bits per heavy atom. The molecule has 0 heterocycles. The Labute approximate surface area is 113 Å². The molecule has 0 unspecified atom stereocenters. The molecule has 0 aliphatic heterocycles. The lowest BCUT2D eigenvalue weighted by molar-refractivity contribution is 0.265. The zero-order valence-electron chi connectivity index (χ0n) is 11.2. The van der Waals surface area contributed by atoms with Crippen LogP contribution < -0.4 is 10.1 Å². The molecule has 0 bridgehead atoms. The normalized spacial score (nSPS) is 14.6. The summed E-state index contributed by atoms with van der Waals surface area (Å²) in [6.07, 6.45) is 5.10. The third-order valence-electron chi connectivity index (χ3n) is 3.24. The van der Waals surface area contributed by atoms with Crippen molar-refractivity contribution in [3.05, 3.63) is 29.6 Å². The van der Waals surface area contributed by atoms with Crippen molar-refractivity contribution >= 4 is 0 Å². The Hall–Kier alpha value is -1.13. The monoisotopic (exact) mass is 267 g/mol. The molecule has 3 nitrogen and oxygen atoms in total. The molecule has 106 valence electrons. The van der Waals surface area contributed by atoms with Crippen molar-refractivity contribution in [1.29, 1.82) is 0 Å². The first-order chi connectivity index (χ1) is 9.29. The van der Waals surface area contributed by atoms with E-state index in [-0.39, 0.29) is 12.4 Å². The van der Waals surface area contributed by atoms with Gasteiger partial charge >= 0.3 is 0 Å². The Morgan fingerprint density at radius 3 is 2.84 bits per heavy atom. The van der Waals surface area contributed by atoms with Gasteiger partial charge in [0, 0.05) is 24.8 Å².